The van der Waals surface area contributed by atoms with Gasteiger partial charge in [0, 0.05) is 55.2 Å². The third kappa shape index (κ3) is 10.8. The summed E-state index contributed by atoms with van der Waals surface area (Å²) in [6.07, 6.45) is 0. The SMILES string of the molecule is c1ccc(-c2ccc(-c3cccc(-c4nc5ccccc5nc4-c4cccc5cc(-n6c7ccc8ccccc8c7c7c8ccccc8ccc76)ccc45)c3)cc2)cc1.c1ccc(-c2cccc(-c3nc4ccccc4nc3-c3cccc4cc(-n5c6ccc7ccccc7c6c6c7ccccc7ccc65)ccc34)c2)cc1. The number of aromatic nitrogens is 6. The maximum absolute atomic E-state index is 5.36. The van der Waals surface area contributed by atoms with Crippen LogP contribution in [0.25, 0.3) is 220 Å². The van der Waals surface area contributed by atoms with Crippen molar-refractivity contribution in [2.75, 3.05) is 0 Å². The Morgan fingerprint density at radius 2 is 0.438 bits per heavy atom. The third-order valence-corrected chi connectivity index (χ3v) is 22.7. The number of fused-ring (bicyclic) bond motifs is 18. The molecule has 19 aromatic carbocycles. The van der Waals surface area contributed by atoms with Crippen molar-refractivity contribution in [3.63, 3.8) is 0 Å². The van der Waals surface area contributed by atoms with Crippen LogP contribution in [0.1, 0.15) is 0 Å². The normalized spacial score (nSPS) is 11.8. The van der Waals surface area contributed by atoms with E-state index in [1.165, 1.54) is 103 Å². The molecule has 23 aromatic rings. The molecule has 6 nitrogen and oxygen atoms in total. The van der Waals surface area contributed by atoms with E-state index in [1.807, 2.05) is 30.3 Å². The molecule has 0 N–H and O–H groups in total. The van der Waals surface area contributed by atoms with Gasteiger partial charge in [0.1, 0.15) is 0 Å². The quantitative estimate of drug-likeness (QED) is 0.144. The van der Waals surface area contributed by atoms with Crippen LogP contribution >= 0.6 is 0 Å². The second-order valence-electron chi connectivity index (χ2n) is 29.1. The number of rotatable bonds is 9. The molecule has 112 heavy (non-hydrogen) atoms. The zero-order chi connectivity index (χ0) is 73.7. The van der Waals surface area contributed by atoms with E-state index in [2.05, 4.69) is 379 Å². The van der Waals surface area contributed by atoms with Gasteiger partial charge in [-0.2, -0.15) is 0 Å². The van der Waals surface area contributed by atoms with Gasteiger partial charge in [0.05, 0.1) is 66.9 Å². The van der Waals surface area contributed by atoms with Crippen LogP contribution in [0.4, 0.5) is 0 Å². The highest BCUT2D eigenvalue weighted by molar-refractivity contribution is 6.30. The van der Waals surface area contributed by atoms with E-state index in [9.17, 15) is 0 Å². The Labute approximate surface area is 645 Å². The summed E-state index contributed by atoms with van der Waals surface area (Å²) in [5, 5.41) is 19.8. The van der Waals surface area contributed by atoms with Gasteiger partial charge in [-0.15, -0.1) is 0 Å². The standard InChI is InChI=1S/C56H35N3.C50H31N3/c1-2-12-36(13-3-1)37-24-26-38(27-25-37)41-16-10-18-43(34-41)55-56(58-50-23-9-8-22-49(50)57-55)48-21-11-17-42-35-44(30-31-45(42)48)59-51-32-28-39-14-4-6-19-46(39)53(51)54-47-20-7-5-15-40(47)29-33-52(54)59;1-2-12-32(13-3-1)35-16-10-18-37(30-35)49-50(52-44-23-9-8-22-43(44)51-49)42-21-11-17-36-31-38(26-27-39(36)42)53-45-28-24-33-14-4-6-19-40(33)47(45)48-41-20-7-5-15-34(41)25-29-46(48)53/h1-35H;1-31H. The van der Waals surface area contributed by atoms with E-state index in [4.69, 9.17) is 19.9 Å². The van der Waals surface area contributed by atoms with Crippen molar-refractivity contribution in [2.45, 2.75) is 0 Å². The third-order valence-electron chi connectivity index (χ3n) is 22.7. The molecule has 0 radical (unpaired) electrons. The highest BCUT2D eigenvalue weighted by atomic mass is 15.0. The second-order valence-corrected chi connectivity index (χ2v) is 29.1. The molecule has 0 aliphatic carbocycles. The minimum absolute atomic E-state index is 0.865. The molecule has 0 unspecified atom stereocenters. The lowest BCUT2D eigenvalue weighted by Gasteiger charge is -2.15. The molecule has 520 valence electrons. The molecule has 0 spiro atoms. The van der Waals surface area contributed by atoms with E-state index in [-0.39, 0.29) is 0 Å². The van der Waals surface area contributed by atoms with Gasteiger partial charge in [-0.05, 0) is 183 Å². The number of hydrogen-bond acceptors (Lipinski definition) is 4. The Morgan fingerprint density at radius 3 is 0.812 bits per heavy atom. The van der Waals surface area contributed by atoms with E-state index in [0.29, 0.717) is 0 Å². The zero-order valence-electron chi connectivity index (χ0n) is 60.8. The predicted octanol–water partition coefficient (Wildman–Crippen LogP) is 28.0. The summed E-state index contributed by atoms with van der Waals surface area (Å²) in [4.78, 5) is 21.3. The van der Waals surface area contributed by atoms with Crippen molar-refractivity contribution in [3.8, 4) is 89.8 Å². The number of hydrogen-bond donors (Lipinski definition) is 0. The van der Waals surface area contributed by atoms with E-state index < -0.39 is 0 Å². The summed E-state index contributed by atoms with van der Waals surface area (Å²) in [5.74, 6) is 0. The van der Waals surface area contributed by atoms with Gasteiger partial charge >= 0.3 is 0 Å². The predicted molar refractivity (Wildman–Crippen MR) is 471 cm³/mol. The fraction of sp³-hybridized carbons (Fsp3) is 0. The molecular formula is C106H66N6. The lowest BCUT2D eigenvalue weighted by atomic mass is 9.95. The van der Waals surface area contributed by atoms with Crippen molar-refractivity contribution in [3.05, 3.63) is 400 Å². The van der Waals surface area contributed by atoms with Crippen LogP contribution in [0, 0.1) is 0 Å². The molecular weight excluding hydrogens is 1360 g/mol. The van der Waals surface area contributed by atoms with Crippen molar-refractivity contribution >= 4 is 130 Å². The molecule has 0 atom stereocenters. The van der Waals surface area contributed by atoms with Gasteiger partial charge in [-0.3, -0.25) is 0 Å². The summed E-state index contributed by atoms with van der Waals surface area (Å²) in [6, 6.07) is 143. The first-order chi connectivity index (χ1) is 55.5. The monoisotopic (exact) mass is 1420 g/mol. The van der Waals surface area contributed by atoms with Crippen LogP contribution in [0.5, 0.6) is 0 Å². The molecule has 0 bridgehead atoms. The Kier molecular flexibility index (Phi) is 15.2. The number of benzene rings is 19. The van der Waals surface area contributed by atoms with E-state index in [0.717, 1.165) is 117 Å². The molecule has 0 saturated heterocycles. The fourth-order valence-electron chi connectivity index (χ4n) is 17.5. The zero-order valence-corrected chi connectivity index (χ0v) is 60.8. The first-order valence-corrected chi connectivity index (χ1v) is 38.2. The van der Waals surface area contributed by atoms with Crippen LogP contribution in [-0.4, -0.2) is 29.1 Å². The fourth-order valence-corrected chi connectivity index (χ4v) is 17.5. The molecule has 0 aliphatic rings. The average Bonchev–Trinajstić information content (AvgIpc) is 1.56. The maximum Gasteiger partial charge on any atom is 0.0979 e. The Morgan fingerprint density at radius 1 is 0.161 bits per heavy atom. The van der Waals surface area contributed by atoms with Gasteiger partial charge in [-0.1, -0.05) is 315 Å². The summed E-state index contributed by atoms with van der Waals surface area (Å²) < 4.78 is 4.88. The molecule has 0 aliphatic heterocycles. The summed E-state index contributed by atoms with van der Waals surface area (Å²) in [5.41, 5.74) is 25.2. The summed E-state index contributed by atoms with van der Waals surface area (Å²) in [7, 11) is 0. The van der Waals surface area contributed by atoms with Crippen LogP contribution in [0.3, 0.4) is 0 Å². The second kappa shape index (κ2) is 26.5. The minimum Gasteiger partial charge on any atom is -0.309 e. The molecule has 0 amide bonds. The van der Waals surface area contributed by atoms with Crippen molar-refractivity contribution in [1.82, 2.24) is 29.1 Å². The smallest absolute Gasteiger partial charge is 0.0979 e. The molecule has 23 rings (SSSR count). The Balaban J connectivity index is 0.000000138. The summed E-state index contributed by atoms with van der Waals surface area (Å²) >= 11 is 0. The van der Waals surface area contributed by atoms with Gasteiger partial charge in [-0.25, -0.2) is 19.9 Å². The summed E-state index contributed by atoms with van der Waals surface area (Å²) in [6.45, 7) is 0. The molecule has 4 aromatic heterocycles. The largest absolute Gasteiger partial charge is 0.309 e. The topological polar surface area (TPSA) is 61.4 Å². The average molecular weight is 1420 g/mol. The maximum atomic E-state index is 5.36. The van der Waals surface area contributed by atoms with Gasteiger partial charge < -0.3 is 9.13 Å². The molecule has 0 fully saturated rings. The highest BCUT2D eigenvalue weighted by Crippen LogP contribution is 2.46. The number of nitrogens with zero attached hydrogens (tertiary/aromatic N) is 6. The van der Waals surface area contributed by atoms with Crippen LogP contribution in [0.15, 0.2) is 400 Å². The molecule has 4 heterocycles. The molecule has 6 heteroatoms. The highest BCUT2D eigenvalue weighted by Gasteiger charge is 2.24. The van der Waals surface area contributed by atoms with E-state index >= 15 is 0 Å². The first-order valence-electron chi connectivity index (χ1n) is 38.2. The Bertz CT molecular complexity index is 7560. The van der Waals surface area contributed by atoms with Crippen LogP contribution < -0.4 is 0 Å². The number of para-hydroxylation sites is 4. The lowest BCUT2D eigenvalue weighted by molar-refractivity contribution is 1.19. The first kappa shape index (κ1) is 64.2. The Hall–Kier alpha value is -15.0. The van der Waals surface area contributed by atoms with Crippen molar-refractivity contribution < 1.29 is 0 Å². The van der Waals surface area contributed by atoms with Gasteiger partial charge in [0.25, 0.3) is 0 Å². The van der Waals surface area contributed by atoms with Crippen molar-refractivity contribution in [1.29, 1.82) is 0 Å². The van der Waals surface area contributed by atoms with Crippen molar-refractivity contribution in [2.24, 2.45) is 0 Å². The lowest BCUT2D eigenvalue weighted by Crippen LogP contribution is -1.97. The van der Waals surface area contributed by atoms with Crippen LogP contribution in [0.2, 0.25) is 0 Å². The molecule has 0 saturated carbocycles. The van der Waals surface area contributed by atoms with E-state index in [1.54, 1.807) is 0 Å². The minimum atomic E-state index is 0.865. The van der Waals surface area contributed by atoms with Gasteiger partial charge in [0.15, 0.2) is 0 Å². The van der Waals surface area contributed by atoms with Gasteiger partial charge in [0.2, 0.25) is 0 Å². The van der Waals surface area contributed by atoms with Crippen LogP contribution in [-0.2, 0) is 0 Å².